The molecule has 1 atom stereocenters. The van der Waals surface area contributed by atoms with E-state index in [1.54, 1.807) is 17.7 Å². The molecule has 108 valence electrons. The highest BCUT2D eigenvalue weighted by atomic mass is 35.5. The van der Waals surface area contributed by atoms with Crippen molar-refractivity contribution in [2.45, 2.75) is 45.1 Å². The number of aromatic nitrogens is 2. The third-order valence-corrected chi connectivity index (χ3v) is 5.48. The number of hydrogen-bond acceptors (Lipinski definition) is 4. The van der Waals surface area contributed by atoms with E-state index in [1.165, 1.54) is 29.5 Å². The molecule has 20 heavy (non-hydrogen) atoms. The van der Waals surface area contributed by atoms with Gasteiger partial charge in [0, 0.05) is 23.3 Å². The Morgan fingerprint density at radius 3 is 3.15 bits per heavy atom. The molecule has 5 heteroatoms. The van der Waals surface area contributed by atoms with Crippen LogP contribution in [-0.2, 0) is 6.42 Å². The predicted molar refractivity (Wildman–Crippen MR) is 87.1 cm³/mol. The lowest BCUT2D eigenvalue weighted by Gasteiger charge is -2.26. The van der Waals surface area contributed by atoms with E-state index in [2.05, 4.69) is 27.9 Å². The van der Waals surface area contributed by atoms with Crippen LogP contribution in [0.2, 0.25) is 0 Å². The molecule has 1 aliphatic rings. The summed E-state index contributed by atoms with van der Waals surface area (Å²) in [7, 11) is 0. The summed E-state index contributed by atoms with van der Waals surface area (Å²) in [6.45, 7) is 3.30. The molecule has 0 saturated carbocycles. The minimum absolute atomic E-state index is 0.594. The molecule has 3 rings (SSSR count). The molecule has 0 N–H and O–H groups in total. The SMILES string of the molecule is CCc1cc2c(N3CCCC3CCCCl)ncnc2s1. The van der Waals surface area contributed by atoms with Crippen molar-refractivity contribution in [1.29, 1.82) is 0 Å². The van der Waals surface area contributed by atoms with Crippen LogP contribution in [0.4, 0.5) is 5.82 Å². The van der Waals surface area contributed by atoms with E-state index < -0.39 is 0 Å². The van der Waals surface area contributed by atoms with Crippen molar-refractivity contribution >= 4 is 39.0 Å². The fourth-order valence-corrected chi connectivity index (χ4v) is 4.11. The standard InChI is InChI=1S/C15H20ClN3S/c1-2-12-9-13-14(17-10-18-15(13)20-12)19-8-4-6-11(19)5-3-7-16/h9-11H,2-8H2,1H3. The number of nitrogens with zero attached hydrogens (tertiary/aromatic N) is 3. The number of alkyl halides is 1. The second-order valence-electron chi connectivity index (χ2n) is 5.30. The van der Waals surface area contributed by atoms with Crippen molar-refractivity contribution in [3.05, 3.63) is 17.3 Å². The summed E-state index contributed by atoms with van der Waals surface area (Å²) in [4.78, 5) is 14.0. The summed E-state index contributed by atoms with van der Waals surface area (Å²) in [6.07, 6.45) is 7.54. The molecule has 1 unspecified atom stereocenters. The van der Waals surface area contributed by atoms with E-state index in [0.29, 0.717) is 6.04 Å². The van der Waals surface area contributed by atoms with Gasteiger partial charge in [-0.2, -0.15) is 0 Å². The van der Waals surface area contributed by atoms with Crippen LogP contribution in [-0.4, -0.2) is 28.4 Å². The molecule has 1 saturated heterocycles. The van der Waals surface area contributed by atoms with Crippen molar-refractivity contribution in [3.63, 3.8) is 0 Å². The Morgan fingerprint density at radius 2 is 2.35 bits per heavy atom. The quantitative estimate of drug-likeness (QED) is 0.773. The summed E-state index contributed by atoms with van der Waals surface area (Å²) < 4.78 is 0. The highest BCUT2D eigenvalue weighted by Gasteiger charge is 2.27. The molecular formula is C15H20ClN3S. The number of rotatable bonds is 5. The molecule has 0 spiro atoms. The summed E-state index contributed by atoms with van der Waals surface area (Å²) >= 11 is 7.64. The van der Waals surface area contributed by atoms with Crippen LogP contribution in [0.25, 0.3) is 10.2 Å². The average Bonchev–Trinajstić information content (AvgIpc) is 3.10. The minimum Gasteiger partial charge on any atom is -0.353 e. The molecule has 0 radical (unpaired) electrons. The third kappa shape index (κ3) is 2.63. The Bertz CT molecular complexity index is 584. The van der Waals surface area contributed by atoms with Crippen molar-refractivity contribution in [3.8, 4) is 0 Å². The normalized spacial score (nSPS) is 19.1. The Kier molecular flexibility index (Phi) is 4.41. The van der Waals surface area contributed by atoms with Crippen LogP contribution in [0.5, 0.6) is 0 Å². The minimum atomic E-state index is 0.594. The Hall–Kier alpha value is -0.870. The molecule has 0 bridgehead atoms. The van der Waals surface area contributed by atoms with Crippen LogP contribution in [0.15, 0.2) is 12.4 Å². The smallest absolute Gasteiger partial charge is 0.141 e. The lowest BCUT2D eigenvalue weighted by Crippen LogP contribution is -2.30. The molecule has 0 aliphatic carbocycles. The lowest BCUT2D eigenvalue weighted by molar-refractivity contribution is 0.599. The zero-order chi connectivity index (χ0) is 13.9. The summed E-state index contributed by atoms with van der Waals surface area (Å²) in [6, 6.07) is 2.86. The zero-order valence-electron chi connectivity index (χ0n) is 11.8. The Morgan fingerprint density at radius 1 is 1.45 bits per heavy atom. The molecule has 1 aliphatic heterocycles. The molecule has 2 aromatic heterocycles. The molecule has 3 nitrogen and oxygen atoms in total. The first kappa shape index (κ1) is 14.1. The van der Waals surface area contributed by atoms with Crippen LogP contribution < -0.4 is 4.90 Å². The van der Waals surface area contributed by atoms with Gasteiger partial charge in [0.2, 0.25) is 0 Å². The third-order valence-electron chi connectivity index (χ3n) is 4.03. The van der Waals surface area contributed by atoms with Crippen molar-refractivity contribution in [2.24, 2.45) is 0 Å². The molecule has 0 aromatic carbocycles. The van der Waals surface area contributed by atoms with Crippen LogP contribution in [0, 0.1) is 0 Å². The van der Waals surface area contributed by atoms with Gasteiger partial charge in [0.25, 0.3) is 0 Å². The Labute approximate surface area is 129 Å². The van der Waals surface area contributed by atoms with Crippen molar-refractivity contribution < 1.29 is 0 Å². The zero-order valence-corrected chi connectivity index (χ0v) is 13.4. The first-order valence-electron chi connectivity index (χ1n) is 7.39. The first-order chi connectivity index (χ1) is 9.83. The topological polar surface area (TPSA) is 29.0 Å². The van der Waals surface area contributed by atoms with Gasteiger partial charge in [-0.3, -0.25) is 0 Å². The average molecular weight is 310 g/mol. The van der Waals surface area contributed by atoms with Gasteiger partial charge < -0.3 is 4.90 Å². The van der Waals surface area contributed by atoms with Gasteiger partial charge in [-0.1, -0.05) is 6.92 Å². The fourth-order valence-electron chi connectivity index (χ4n) is 3.02. The van der Waals surface area contributed by atoms with Gasteiger partial charge in [-0.25, -0.2) is 9.97 Å². The second kappa shape index (κ2) is 6.27. The molecular weight excluding hydrogens is 290 g/mol. The maximum Gasteiger partial charge on any atom is 0.141 e. The van der Waals surface area contributed by atoms with Gasteiger partial charge in [-0.05, 0) is 38.2 Å². The number of aryl methyl sites for hydroxylation is 1. The van der Waals surface area contributed by atoms with E-state index in [0.717, 1.165) is 35.9 Å². The van der Waals surface area contributed by atoms with E-state index in [4.69, 9.17) is 11.6 Å². The number of fused-ring (bicyclic) bond motifs is 1. The molecule has 0 amide bonds. The van der Waals surface area contributed by atoms with Gasteiger partial charge in [-0.15, -0.1) is 22.9 Å². The summed E-state index contributed by atoms with van der Waals surface area (Å²) in [5.41, 5.74) is 0. The van der Waals surface area contributed by atoms with Crippen LogP contribution >= 0.6 is 22.9 Å². The number of anilines is 1. The van der Waals surface area contributed by atoms with Crippen LogP contribution in [0.1, 0.15) is 37.5 Å². The monoisotopic (exact) mass is 309 g/mol. The van der Waals surface area contributed by atoms with Crippen molar-refractivity contribution in [2.75, 3.05) is 17.3 Å². The second-order valence-corrected chi connectivity index (χ2v) is 6.80. The fraction of sp³-hybridized carbons (Fsp3) is 0.600. The highest BCUT2D eigenvalue weighted by molar-refractivity contribution is 7.18. The predicted octanol–water partition coefficient (Wildman–Crippen LogP) is 4.24. The van der Waals surface area contributed by atoms with E-state index in [1.807, 2.05) is 0 Å². The number of thiophene rings is 1. The highest BCUT2D eigenvalue weighted by Crippen LogP contribution is 2.34. The lowest BCUT2D eigenvalue weighted by atomic mass is 10.1. The van der Waals surface area contributed by atoms with Crippen molar-refractivity contribution in [1.82, 2.24) is 9.97 Å². The Balaban J connectivity index is 1.94. The molecule has 3 heterocycles. The van der Waals surface area contributed by atoms with E-state index >= 15 is 0 Å². The maximum absolute atomic E-state index is 5.85. The summed E-state index contributed by atoms with van der Waals surface area (Å²) in [5.74, 6) is 1.88. The van der Waals surface area contributed by atoms with Crippen LogP contribution in [0.3, 0.4) is 0 Å². The van der Waals surface area contributed by atoms with Gasteiger partial charge in [0.15, 0.2) is 0 Å². The summed E-state index contributed by atoms with van der Waals surface area (Å²) in [5, 5.41) is 1.23. The molecule has 2 aromatic rings. The first-order valence-corrected chi connectivity index (χ1v) is 8.74. The maximum atomic E-state index is 5.85. The number of halogens is 1. The van der Waals surface area contributed by atoms with Gasteiger partial charge >= 0.3 is 0 Å². The van der Waals surface area contributed by atoms with Gasteiger partial charge in [0.05, 0.1) is 5.39 Å². The van der Waals surface area contributed by atoms with Gasteiger partial charge in [0.1, 0.15) is 17.0 Å². The van der Waals surface area contributed by atoms with E-state index in [9.17, 15) is 0 Å². The largest absolute Gasteiger partial charge is 0.353 e. The molecule has 1 fully saturated rings. The number of hydrogen-bond donors (Lipinski definition) is 0. The van der Waals surface area contributed by atoms with E-state index in [-0.39, 0.29) is 0 Å².